The van der Waals surface area contributed by atoms with Crippen LogP contribution in [0.3, 0.4) is 0 Å². The summed E-state index contributed by atoms with van der Waals surface area (Å²) in [4.78, 5) is 13.8. The Labute approximate surface area is 124 Å². The van der Waals surface area contributed by atoms with E-state index in [9.17, 15) is 4.79 Å². The van der Waals surface area contributed by atoms with Gasteiger partial charge in [0.25, 0.3) is 5.91 Å². The fraction of sp³-hybridized carbons (Fsp3) is 0.312. The summed E-state index contributed by atoms with van der Waals surface area (Å²) in [6.45, 7) is 2.04. The van der Waals surface area contributed by atoms with E-state index in [4.69, 9.17) is 10.2 Å². The highest BCUT2D eigenvalue weighted by Crippen LogP contribution is 2.22. The molecule has 0 aliphatic rings. The second-order valence-electron chi connectivity index (χ2n) is 5.33. The lowest BCUT2D eigenvalue weighted by molar-refractivity contribution is 0.0828. The van der Waals surface area contributed by atoms with Gasteiger partial charge >= 0.3 is 0 Å². The number of nitrogens with one attached hydrogen (secondary N) is 1. The molecule has 1 amide bonds. The van der Waals surface area contributed by atoms with Gasteiger partial charge in [-0.2, -0.15) is 0 Å². The van der Waals surface area contributed by atoms with Crippen LogP contribution in [0.2, 0.25) is 0 Å². The number of carbonyl (C=O) groups excluding carboxylic acids is 1. The van der Waals surface area contributed by atoms with E-state index in [1.54, 1.807) is 43.5 Å². The van der Waals surface area contributed by atoms with Gasteiger partial charge in [0.05, 0.1) is 11.8 Å². The van der Waals surface area contributed by atoms with E-state index in [0.29, 0.717) is 11.3 Å². The highest BCUT2D eigenvalue weighted by atomic mass is 16.3. The molecule has 5 heteroatoms. The first-order chi connectivity index (χ1) is 9.97. The molecule has 0 fully saturated rings. The van der Waals surface area contributed by atoms with Crippen molar-refractivity contribution in [3.8, 4) is 0 Å². The topological polar surface area (TPSA) is 71.5 Å². The van der Waals surface area contributed by atoms with Crippen molar-refractivity contribution in [1.82, 2.24) is 4.90 Å². The summed E-state index contributed by atoms with van der Waals surface area (Å²) in [7, 11) is 3.46. The molecule has 0 radical (unpaired) electrons. The Morgan fingerprint density at radius 3 is 2.76 bits per heavy atom. The molecule has 1 aromatic heterocycles. The number of hydrogen-bond acceptors (Lipinski definition) is 4. The maximum Gasteiger partial charge on any atom is 0.255 e. The van der Waals surface area contributed by atoms with Crippen LogP contribution in [0.25, 0.3) is 0 Å². The third-order valence-electron chi connectivity index (χ3n) is 3.17. The van der Waals surface area contributed by atoms with Crippen LogP contribution in [0.4, 0.5) is 11.4 Å². The molecule has 0 aliphatic carbocycles. The highest BCUT2D eigenvalue weighted by Gasteiger charge is 2.15. The number of rotatable bonds is 5. The van der Waals surface area contributed by atoms with Gasteiger partial charge in [-0.3, -0.25) is 4.79 Å². The van der Waals surface area contributed by atoms with Crippen LogP contribution in [-0.2, 0) is 6.42 Å². The zero-order chi connectivity index (χ0) is 15.4. The van der Waals surface area contributed by atoms with Crippen molar-refractivity contribution in [2.75, 3.05) is 25.1 Å². The Morgan fingerprint density at radius 1 is 1.38 bits per heavy atom. The van der Waals surface area contributed by atoms with Crippen molar-refractivity contribution in [2.45, 2.75) is 19.4 Å². The van der Waals surface area contributed by atoms with Crippen LogP contribution >= 0.6 is 0 Å². The predicted molar refractivity (Wildman–Crippen MR) is 84.4 cm³/mol. The minimum Gasteiger partial charge on any atom is -0.469 e. The van der Waals surface area contributed by atoms with Crippen LogP contribution in [0.5, 0.6) is 0 Å². The standard InChI is InChI=1S/C16H21N3O2/c1-11(9-13-5-4-8-21-13)18-15-10-12(17)6-7-14(15)16(20)19(2)3/h4-8,10-11,18H,9,17H2,1-3H3. The smallest absolute Gasteiger partial charge is 0.255 e. The van der Waals surface area contributed by atoms with Gasteiger partial charge in [-0.05, 0) is 37.3 Å². The molecule has 1 heterocycles. The van der Waals surface area contributed by atoms with E-state index in [1.807, 2.05) is 19.1 Å². The second kappa shape index (κ2) is 6.35. The van der Waals surface area contributed by atoms with Gasteiger partial charge in [-0.15, -0.1) is 0 Å². The minimum absolute atomic E-state index is 0.0531. The Bertz CT molecular complexity index is 606. The summed E-state index contributed by atoms with van der Waals surface area (Å²) in [5.41, 5.74) is 7.81. The molecule has 2 aromatic rings. The maximum atomic E-state index is 12.2. The molecule has 1 unspecified atom stereocenters. The van der Waals surface area contributed by atoms with E-state index in [0.717, 1.165) is 17.9 Å². The fourth-order valence-electron chi connectivity index (χ4n) is 2.16. The number of benzene rings is 1. The Hall–Kier alpha value is -2.43. The van der Waals surface area contributed by atoms with E-state index < -0.39 is 0 Å². The molecule has 0 saturated heterocycles. The summed E-state index contributed by atoms with van der Waals surface area (Å²) < 4.78 is 5.34. The lowest BCUT2D eigenvalue weighted by Gasteiger charge is -2.19. The zero-order valence-electron chi connectivity index (χ0n) is 12.6. The molecule has 0 bridgehead atoms. The number of nitrogens with zero attached hydrogens (tertiary/aromatic N) is 1. The Kier molecular flexibility index (Phi) is 4.52. The van der Waals surface area contributed by atoms with Crippen LogP contribution in [0.15, 0.2) is 41.0 Å². The number of hydrogen-bond donors (Lipinski definition) is 2. The zero-order valence-corrected chi connectivity index (χ0v) is 12.6. The number of nitrogens with two attached hydrogens (primary N) is 1. The van der Waals surface area contributed by atoms with Crippen molar-refractivity contribution in [2.24, 2.45) is 0 Å². The SMILES string of the molecule is CC(Cc1ccco1)Nc1cc(N)ccc1C(=O)N(C)C. The molecule has 0 aliphatic heterocycles. The Balaban J connectivity index is 2.18. The van der Waals surface area contributed by atoms with Crippen molar-refractivity contribution >= 4 is 17.3 Å². The molecule has 0 spiro atoms. The van der Waals surface area contributed by atoms with Crippen LogP contribution in [0, 0.1) is 0 Å². The molecule has 1 atom stereocenters. The first-order valence-corrected chi connectivity index (χ1v) is 6.87. The molecule has 5 nitrogen and oxygen atoms in total. The van der Waals surface area contributed by atoms with Gasteiger partial charge in [0, 0.05) is 37.9 Å². The number of furan rings is 1. The van der Waals surface area contributed by atoms with Gasteiger partial charge in [0.1, 0.15) is 5.76 Å². The molecule has 3 N–H and O–H groups in total. The summed E-state index contributed by atoms with van der Waals surface area (Å²) in [5, 5.41) is 3.34. The predicted octanol–water partition coefficient (Wildman–Crippen LogP) is 2.61. The average molecular weight is 287 g/mol. The molecule has 21 heavy (non-hydrogen) atoms. The molecule has 112 valence electrons. The second-order valence-corrected chi connectivity index (χ2v) is 5.33. The van der Waals surface area contributed by atoms with E-state index in [2.05, 4.69) is 5.32 Å². The fourth-order valence-corrected chi connectivity index (χ4v) is 2.16. The number of nitrogen functional groups attached to an aromatic ring is 1. The van der Waals surface area contributed by atoms with Crippen LogP contribution < -0.4 is 11.1 Å². The number of amides is 1. The van der Waals surface area contributed by atoms with Gasteiger partial charge in [0.2, 0.25) is 0 Å². The van der Waals surface area contributed by atoms with Crippen molar-refractivity contribution < 1.29 is 9.21 Å². The van der Waals surface area contributed by atoms with E-state index in [-0.39, 0.29) is 11.9 Å². The van der Waals surface area contributed by atoms with E-state index in [1.165, 1.54) is 0 Å². The summed E-state index contributed by atoms with van der Waals surface area (Å²) in [5.74, 6) is 0.849. The van der Waals surface area contributed by atoms with Crippen LogP contribution in [0.1, 0.15) is 23.0 Å². The van der Waals surface area contributed by atoms with Crippen molar-refractivity contribution in [3.05, 3.63) is 47.9 Å². The molecular formula is C16H21N3O2. The Morgan fingerprint density at radius 2 is 2.14 bits per heavy atom. The van der Waals surface area contributed by atoms with Crippen molar-refractivity contribution in [1.29, 1.82) is 0 Å². The van der Waals surface area contributed by atoms with Gasteiger partial charge in [-0.25, -0.2) is 0 Å². The first kappa shape index (κ1) is 15.0. The maximum absolute atomic E-state index is 12.2. The highest BCUT2D eigenvalue weighted by molar-refractivity contribution is 6.00. The molecule has 0 saturated carbocycles. The number of anilines is 2. The third kappa shape index (κ3) is 3.78. The summed E-state index contributed by atoms with van der Waals surface area (Å²) in [6, 6.07) is 9.19. The minimum atomic E-state index is -0.0531. The summed E-state index contributed by atoms with van der Waals surface area (Å²) >= 11 is 0. The largest absolute Gasteiger partial charge is 0.469 e. The van der Waals surface area contributed by atoms with Gasteiger partial charge in [0.15, 0.2) is 0 Å². The molecule has 1 aromatic carbocycles. The van der Waals surface area contributed by atoms with Crippen molar-refractivity contribution in [3.63, 3.8) is 0 Å². The normalized spacial score (nSPS) is 12.0. The molecular weight excluding hydrogens is 266 g/mol. The lowest BCUT2D eigenvalue weighted by Crippen LogP contribution is -2.25. The third-order valence-corrected chi connectivity index (χ3v) is 3.17. The van der Waals surface area contributed by atoms with E-state index >= 15 is 0 Å². The quantitative estimate of drug-likeness (QED) is 0.829. The summed E-state index contributed by atoms with van der Waals surface area (Å²) in [6.07, 6.45) is 2.39. The number of carbonyl (C=O) groups is 1. The lowest BCUT2D eigenvalue weighted by atomic mass is 10.1. The van der Waals surface area contributed by atoms with Gasteiger partial charge < -0.3 is 20.4 Å². The van der Waals surface area contributed by atoms with Crippen LogP contribution in [-0.4, -0.2) is 30.9 Å². The monoisotopic (exact) mass is 287 g/mol. The van der Waals surface area contributed by atoms with Gasteiger partial charge in [-0.1, -0.05) is 0 Å². The first-order valence-electron chi connectivity index (χ1n) is 6.87. The molecule has 2 rings (SSSR count). The average Bonchev–Trinajstić information content (AvgIpc) is 2.90.